The van der Waals surface area contributed by atoms with E-state index in [1.807, 2.05) is 6.92 Å². The minimum atomic E-state index is -4.62. The van der Waals surface area contributed by atoms with Gasteiger partial charge < -0.3 is 10.1 Å². The number of benzene rings is 1. The van der Waals surface area contributed by atoms with Crippen molar-refractivity contribution in [3.63, 3.8) is 0 Å². The van der Waals surface area contributed by atoms with Crippen LogP contribution < -0.4 is 5.32 Å². The Labute approximate surface area is 131 Å². The van der Waals surface area contributed by atoms with E-state index in [9.17, 15) is 22.8 Å². The van der Waals surface area contributed by atoms with Crippen molar-refractivity contribution in [2.24, 2.45) is 0 Å². The number of nitrogens with one attached hydrogen (secondary N) is 1. The summed E-state index contributed by atoms with van der Waals surface area (Å²) >= 11 is 0. The first-order valence-electron chi connectivity index (χ1n) is 7.20. The molecule has 0 radical (unpaired) electrons. The molecule has 0 bridgehead atoms. The van der Waals surface area contributed by atoms with Gasteiger partial charge in [0.2, 0.25) is 5.91 Å². The number of amides is 2. The second-order valence-corrected chi connectivity index (χ2v) is 5.15. The molecule has 2 rings (SSSR count). The summed E-state index contributed by atoms with van der Waals surface area (Å²) in [6.45, 7) is 1.93. The summed E-state index contributed by atoms with van der Waals surface area (Å²) in [5.41, 5.74) is 1.26. The van der Waals surface area contributed by atoms with E-state index in [1.165, 1.54) is 12.1 Å². The van der Waals surface area contributed by atoms with Crippen molar-refractivity contribution in [1.82, 2.24) is 4.90 Å². The molecule has 1 atom stereocenters. The Kier molecular flexibility index (Phi) is 5.12. The van der Waals surface area contributed by atoms with Gasteiger partial charge in [-0.15, -0.1) is 0 Å². The van der Waals surface area contributed by atoms with Crippen LogP contribution in [0.3, 0.4) is 0 Å². The Hall–Kier alpha value is -2.25. The minimum Gasteiger partial charge on any atom is -0.447 e. The number of ether oxygens (including phenoxy) is 1. The van der Waals surface area contributed by atoms with Crippen LogP contribution in [0.2, 0.25) is 0 Å². The standard InChI is InChI=1S/C15H17F3N2O3/c1-2-10-3-5-11(6-4-10)19-12(15(16,17)18)9-13(21)20-7-8-23-14(20)22/h3-6,12,19H,2,7-9H2,1H3/t12-/m1/s1. The Balaban J connectivity index is 2.07. The molecule has 1 aliphatic rings. The highest BCUT2D eigenvalue weighted by molar-refractivity contribution is 5.93. The van der Waals surface area contributed by atoms with Crippen LogP contribution in [-0.2, 0) is 16.0 Å². The van der Waals surface area contributed by atoms with Gasteiger partial charge in [-0.3, -0.25) is 4.79 Å². The highest BCUT2D eigenvalue weighted by atomic mass is 19.4. The van der Waals surface area contributed by atoms with Gasteiger partial charge in [0.25, 0.3) is 0 Å². The second kappa shape index (κ2) is 6.89. The summed E-state index contributed by atoms with van der Waals surface area (Å²) in [7, 11) is 0. The topological polar surface area (TPSA) is 58.6 Å². The van der Waals surface area contributed by atoms with Crippen LogP contribution in [-0.4, -0.2) is 42.3 Å². The molecule has 0 saturated carbocycles. The smallest absolute Gasteiger partial charge is 0.416 e. The first-order chi connectivity index (χ1) is 10.8. The van der Waals surface area contributed by atoms with E-state index in [0.717, 1.165) is 12.0 Å². The van der Waals surface area contributed by atoms with E-state index in [4.69, 9.17) is 0 Å². The molecular formula is C15H17F3N2O3. The predicted molar refractivity (Wildman–Crippen MR) is 77.0 cm³/mol. The van der Waals surface area contributed by atoms with E-state index in [0.29, 0.717) is 4.90 Å². The van der Waals surface area contributed by atoms with Crippen molar-refractivity contribution in [3.05, 3.63) is 29.8 Å². The first kappa shape index (κ1) is 17.1. The maximum absolute atomic E-state index is 13.1. The highest BCUT2D eigenvalue weighted by Crippen LogP contribution is 2.27. The van der Waals surface area contributed by atoms with Crippen LogP contribution in [0.5, 0.6) is 0 Å². The Morgan fingerprint density at radius 2 is 2.00 bits per heavy atom. The predicted octanol–water partition coefficient (Wildman–Crippen LogP) is 2.96. The minimum absolute atomic E-state index is 0.00711. The molecule has 1 N–H and O–H groups in total. The molecule has 0 spiro atoms. The van der Waals surface area contributed by atoms with Crippen LogP contribution >= 0.6 is 0 Å². The monoisotopic (exact) mass is 330 g/mol. The third-order valence-electron chi connectivity index (χ3n) is 3.54. The molecule has 0 aliphatic carbocycles. The summed E-state index contributed by atoms with van der Waals surface area (Å²) in [6.07, 6.45) is -5.61. The highest BCUT2D eigenvalue weighted by Gasteiger charge is 2.43. The normalized spacial score (nSPS) is 16.2. The van der Waals surface area contributed by atoms with E-state index in [1.54, 1.807) is 12.1 Å². The zero-order valence-electron chi connectivity index (χ0n) is 12.5. The van der Waals surface area contributed by atoms with Gasteiger partial charge in [-0.05, 0) is 24.1 Å². The van der Waals surface area contributed by atoms with E-state index in [-0.39, 0.29) is 18.8 Å². The largest absolute Gasteiger partial charge is 0.447 e. The molecule has 8 heteroatoms. The number of carbonyl (C=O) groups is 2. The lowest BCUT2D eigenvalue weighted by Crippen LogP contribution is -2.42. The quantitative estimate of drug-likeness (QED) is 0.902. The van der Waals surface area contributed by atoms with Gasteiger partial charge in [0, 0.05) is 5.69 Å². The molecule has 126 valence electrons. The fraction of sp³-hybridized carbons (Fsp3) is 0.467. The molecule has 1 aliphatic heterocycles. The fourth-order valence-corrected chi connectivity index (χ4v) is 2.19. The average Bonchev–Trinajstić information content (AvgIpc) is 2.92. The number of imide groups is 1. The second-order valence-electron chi connectivity index (χ2n) is 5.15. The van der Waals surface area contributed by atoms with Crippen molar-refractivity contribution in [3.8, 4) is 0 Å². The van der Waals surface area contributed by atoms with E-state index in [2.05, 4.69) is 10.1 Å². The third kappa shape index (κ3) is 4.37. The van der Waals surface area contributed by atoms with Crippen molar-refractivity contribution >= 4 is 17.7 Å². The van der Waals surface area contributed by atoms with Crippen LogP contribution in [0, 0.1) is 0 Å². The van der Waals surface area contributed by atoms with Crippen molar-refractivity contribution < 1.29 is 27.5 Å². The number of nitrogens with zero attached hydrogens (tertiary/aromatic N) is 1. The van der Waals surface area contributed by atoms with Gasteiger partial charge in [0.05, 0.1) is 13.0 Å². The summed E-state index contributed by atoms with van der Waals surface area (Å²) in [5, 5.41) is 2.31. The van der Waals surface area contributed by atoms with Gasteiger partial charge in [-0.2, -0.15) is 13.2 Å². The lowest BCUT2D eigenvalue weighted by atomic mass is 10.1. The summed E-state index contributed by atoms with van der Waals surface area (Å²) in [5.74, 6) is -0.910. The lowest BCUT2D eigenvalue weighted by molar-refractivity contribution is -0.153. The Morgan fingerprint density at radius 3 is 2.48 bits per heavy atom. The van der Waals surface area contributed by atoms with Gasteiger partial charge in [0.1, 0.15) is 12.6 Å². The van der Waals surface area contributed by atoms with Gasteiger partial charge >= 0.3 is 12.3 Å². The fourth-order valence-electron chi connectivity index (χ4n) is 2.19. The number of aryl methyl sites for hydroxylation is 1. The Bertz CT molecular complexity index is 572. The van der Waals surface area contributed by atoms with Crippen molar-refractivity contribution in [2.75, 3.05) is 18.5 Å². The molecule has 1 saturated heterocycles. The molecule has 0 unspecified atom stereocenters. The number of cyclic esters (lactones) is 1. The molecule has 5 nitrogen and oxygen atoms in total. The molecule has 1 aromatic rings. The molecule has 1 heterocycles. The number of alkyl halides is 3. The van der Waals surface area contributed by atoms with Gasteiger partial charge in [0.15, 0.2) is 0 Å². The lowest BCUT2D eigenvalue weighted by Gasteiger charge is -2.23. The van der Waals surface area contributed by atoms with Crippen molar-refractivity contribution in [1.29, 1.82) is 0 Å². The van der Waals surface area contributed by atoms with Gasteiger partial charge in [-0.1, -0.05) is 19.1 Å². The van der Waals surface area contributed by atoms with E-state index >= 15 is 0 Å². The maximum Gasteiger partial charge on any atom is 0.416 e. The molecule has 23 heavy (non-hydrogen) atoms. The zero-order chi connectivity index (χ0) is 17.0. The SMILES string of the molecule is CCc1ccc(N[C@H](CC(=O)N2CCOC2=O)C(F)(F)F)cc1. The first-order valence-corrected chi connectivity index (χ1v) is 7.20. The van der Waals surface area contributed by atoms with Crippen LogP contribution in [0.4, 0.5) is 23.7 Å². The number of carbonyl (C=O) groups excluding carboxylic acids is 2. The molecule has 2 amide bonds. The summed E-state index contributed by atoms with van der Waals surface area (Å²) < 4.78 is 44.0. The van der Waals surface area contributed by atoms with Crippen molar-refractivity contribution in [2.45, 2.75) is 32.0 Å². The maximum atomic E-state index is 13.1. The van der Waals surface area contributed by atoms with Crippen LogP contribution in [0.15, 0.2) is 24.3 Å². The van der Waals surface area contributed by atoms with Crippen LogP contribution in [0.1, 0.15) is 18.9 Å². The number of halogens is 3. The summed E-state index contributed by atoms with van der Waals surface area (Å²) in [4.78, 5) is 23.8. The summed E-state index contributed by atoms with van der Waals surface area (Å²) in [6, 6.07) is 4.43. The molecule has 1 aromatic carbocycles. The van der Waals surface area contributed by atoms with E-state index < -0.39 is 30.6 Å². The van der Waals surface area contributed by atoms with Gasteiger partial charge in [-0.25, -0.2) is 9.69 Å². The molecule has 1 fully saturated rings. The molecular weight excluding hydrogens is 313 g/mol. The molecule has 0 aromatic heterocycles. The number of hydrogen-bond acceptors (Lipinski definition) is 4. The number of anilines is 1. The zero-order valence-corrected chi connectivity index (χ0v) is 12.5. The third-order valence-corrected chi connectivity index (χ3v) is 3.54. The van der Waals surface area contributed by atoms with Crippen LogP contribution in [0.25, 0.3) is 0 Å². The average molecular weight is 330 g/mol. The number of rotatable bonds is 5. The Morgan fingerprint density at radius 1 is 1.35 bits per heavy atom. The number of hydrogen-bond donors (Lipinski definition) is 1.